The molecule has 2 fully saturated rings. The lowest BCUT2D eigenvalue weighted by Gasteiger charge is -2.42. The van der Waals surface area contributed by atoms with E-state index in [1.165, 1.54) is 57.8 Å². The third kappa shape index (κ3) is 21.8. The average Bonchev–Trinajstić information content (AvgIpc) is 3.22. The van der Waals surface area contributed by atoms with Crippen LogP contribution in [0.5, 0.6) is 0 Å². The number of unbranched alkanes of at least 4 members (excludes halogenated alkanes) is 16. The third-order valence-electron chi connectivity index (χ3n) is 10.7. The van der Waals surface area contributed by atoms with Crippen LogP contribution >= 0.6 is 0 Å². The number of rotatable bonds is 34. The number of ether oxygens (including phenoxy) is 6. The van der Waals surface area contributed by atoms with Gasteiger partial charge in [-0.15, -0.1) is 0 Å². The monoisotopic (exact) mass is 833 g/mol. The van der Waals surface area contributed by atoms with Gasteiger partial charge in [0.05, 0.1) is 26.4 Å². The summed E-state index contributed by atoms with van der Waals surface area (Å²) in [7, 11) is 0. The second-order valence-electron chi connectivity index (χ2n) is 15.9. The van der Waals surface area contributed by atoms with Crippen LogP contribution in [0, 0.1) is 0 Å². The highest BCUT2D eigenvalue weighted by molar-refractivity contribution is 5.69. The molecule has 340 valence electrons. The number of carbonyl (C=O) groups excluding carboxylic acids is 1. The van der Waals surface area contributed by atoms with Crippen molar-refractivity contribution in [3.63, 3.8) is 0 Å². The molecule has 0 amide bonds. The molecule has 11 unspecified atom stereocenters. The minimum atomic E-state index is -1.70. The summed E-state index contributed by atoms with van der Waals surface area (Å²) >= 11 is 0. The first-order chi connectivity index (χ1) is 28.1. The zero-order chi connectivity index (χ0) is 42.4. The van der Waals surface area contributed by atoms with Gasteiger partial charge in [-0.2, -0.15) is 0 Å². The third-order valence-corrected chi connectivity index (χ3v) is 10.7. The van der Waals surface area contributed by atoms with E-state index in [1.54, 1.807) is 0 Å². The maximum absolute atomic E-state index is 12.9. The van der Waals surface area contributed by atoms with E-state index in [9.17, 15) is 40.5 Å². The molecule has 0 radical (unpaired) electrons. The van der Waals surface area contributed by atoms with Gasteiger partial charge in [-0.05, 0) is 38.5 Å². The van der Waals surface area contributed by atoms with Crippen LogP contribution < -0.4 is 0 Å². The largest absolute Gasteiger partial charge is 0.457 e. The van der Waals surface area contributed by atoms with E-state index < -0.39 is 80.7 Å². The molecule has 0 saturated carbocycles. The molecule has 0 aromatic carbocycles. The second kappa shape index (κ2) is 33.1. The van der Waals surface area contributed by atoms with Gasteiger partial charge >= 0.3 is 5.97 Å². The number of hydrogen-bond donors (Lipinski definition) is 7. The van der Waals surface area contributed by atoms with Gasteiger partial charge in [-0.3, -0.25) is 4.79 Å². The Bertz CT molecular complexity index is 1060. The summed E-state index contributed by atoms with van der Waals surface area (Å²) in [6.07, 6.45) is 15.4. The molecule has 2 aliphatic heterocycles. The highest BCUT2D eigenvalue weighted by atomic mass is 16.7. The molecule has 58 heavy (non-hydrogen) atoms. The second-order valence-corrected chi connectivity index (χ2v) is 15.9. The fourth-order valence-corrected chi connectivity index (χ4v) is 6.95. The van der Waals surface area contributed by atoms with Gasteiger partial charge in [0, 0.05) is 13.0 Å². The Morgan fingerprint density at radius 2 is 1.09 bits per heavy atom. The first-order valence-corrected chi connectivity index (χ1v) is 22.4. The highest BCUT2D eigenvalue weighted by Crippen LogP contribution is 2.26. The summed E-state index contributed by atoms with van der Waals surface area (Å²) in [5.74, 6) is -0.384. The van der Waals surface area contributed by atoms with Crippen LogP contribution in [0.3, 0.4) is 0 Å². The van der Waals surface area contributed by atoms with Crippen molar-refractivity contribution in [2.45, 2.75) is 216 Å². The summed E-state index contributed by atoms with van der Waals surface area (Å²) in [4.78, 5) is 12.9. The number of allylic oxidation sites excluding steroid dienone is 4. The van der Waals surface area contributed by atoms with E-state index in [4.69, 9.17) is 28.4 Å². The van der Waals surface area contributed by atoms with E-state index in [1.807, 2.05) is 0 Å². The standard InChI is InChI=1S/C44H80O14/c1-3-5-7-9-11-13-14-15-16-17-18-20-22-24-26-28-53-30-33(56-36(46)27-25-23-21-19-12-10-8-6-4-2)31-54-43-42(52)40(50)38(48)35(58-43)32-55-44-41(51)39(49)37(47)34(29-45)57-44/h9,11,14-15,33-35,37-45,47-52H,3-8,10,12-13,16-32H2,1-2H3/b11-9-,15-14-. The summed E-state index contributed by atoms with van der Waals surface area (Å²) in [5, 5.41) is 71.8. The maximum atomic E-state index is 12.9. The summed E-state index contributed by atoms with van der Waals surface area (Å²) in [6.45, 7) is 3.58. The zero-order valence-corrected chi connectivity index (χ0v) is 35.5. The first-order valence-electron chi connectivity index (χ1n) is 22.4. The van der Waals surface area contributed by atoms with Crippen molar-refractivity contribution in [1.29, 1.82) is 0 Å². The Morgan fingerprint density at radius 1 is 0.569 bits per heavy atom. The predicted molar refractivity (Wildman–Crippen MR) is 220 cm³/mol. The minimum absolute atomic E-state index is 0.0568. The van der Waals surface area contributed by atoms with Crippen molar-refractivity contribution in [3.05, 3.63) is 24.3 Å². The quantitative estimate of drug-likeness (QED) is 0.0261. The molecule has 2 saturated heterocycles. The Balaban J connectivity index is 1.81. The molecule has 0 aromatic rings. The summed E-state index contributed by atoms with van der Waals surface area (Å²) in [5.41, 5.74) is 0. The number of esters is 1. The molecule has 0 spiro atoms. The number of aliphatic hydroxyl groups excluding tert-OH is 7. The minimum Gasteiger partial charge on any atom is -0.457 e. The van der Waals surface area contributed by atoms with Crippen LogP contribution in [0.15, 0.2) is 24.3 Å². The van der Waals surface area contributed by atoms with E-state index in [0.717, 1.165) is 64.2 Å². The van der Waals surface area contributed by atoms with Crippen molar-refractivity contribution in [2.24, 2.45) is 0 Å². The highest BCUT2D eigenvalue weighted by Gasteiger charge is 2.47. The molecule has 0 aromatic heterocycles. The Kier molecular flexibility index (Phi) is 30.1. The maximum Gasteiger partial charge on any atom is 0.306 e. The fraction of sp³-hybridized carbons (Fsp3) is 0.886. The van der Waals surface area contributed by atoms with Crippen molar-refractivity contribution < 1.29 is 69.0 Å². The van der Waals surface area contributed by atoms with Gasteiger partial charge in [0.15, 0.2) is 12.6 Å². The lowest BCUT2D eigenvalue weighted by molar-refractivity contribution is -0.332. The topological polar surface area (TPSA) is 214 Å². The van der Waals surface area contributed by atoms with E-state index in [-0.39, 0.29) is 25.6 Å². The van der Waals surface area contributed by atoms with E-state index in [0.29, 0.717) is 13.0 Å². The molecule has 2 aliphatic rings. The molecule has 2 rings (SSSR count). The van der Waals surface area contributed by atoms with Crippen LogP contribution in [-0.4, -0.2) is 142 Å². The van der Waals surface area contributed by atoms with Crippen LogP contribution in [0.2, 0.25) is 0 Å². The molecule has 11 atom stereocenters. The Hall–Kier alpha value is -1.53. The first kappa shape index (κ1) is 52.6. The van der Waals surface area contributed by atoms with Crippen molar-refractivity contribution in [1.82, 2.24) is 0 Å². The smallest absolute Gasteiger partial charge is 0.306 e. The lowest BCUT2D eigenvalue weighted by atomic mass is 9.98. The van der Waals surface area contributed by atoms with Gasteiger partial charge in [0.1, 0.15) is 54.9 Å². The van der Waals surface area contributed by atoms with Crippen LogP contribution in [0.4, 0.5) is 0 Å². The normalized spacial score (nSPS) is 28.4. The number of hydrogen-bond acceptors (Lipinski definition) is 14. The van der Waals surface area contributed by atoms with Gasteiger partial charge in [-0.1, -0.05) is 128 Å². The molecule has 14 heteroatoms. The molecule has 14 nitrogen and oxygen atoms in total. The SMILES string of the molecule is CCCC/C=C\C/C=C\CCCCCCCCOCC(COC1OC(COC2OC(CO)C(O)C(O)C2O)C(O)C(O)C1O)OC(=O)CCCCCCCCCCC. The van der Waals surface area contributed by atoms with Gasteiger partial charge < -0.3 is 64.2 Å². The lowest BCUT2D eigenvalue weighted by Crippen LogP contribution is -2.61. The number of carbonyl (C=O) groups is 1. The molecule has 2 heterocycles. The summed E-state index contributed by atoms with van der Waals surface area (Å²) in [6, 6.07) is 0. The van der Waals surface area contributed by atoms with Crippen molar-refractivity contribution >= 4 is 5.97 Å². The van der Waals surface area contributed by atoms with Crippen LogP contribution in [0.1, 0.15) is 149 Å². The molecular formula is C44H80O14. The fourth-order valence-electron chi connectivity index (χ4n) is 6.95. The van der Waals surface area contributed by atoms with Gasteiger partial charge in [0.25, 0.3) is 0 Å². The van der Waals surface area contributed by atoms with Crippen molar-refractivity contribution in [2.75, 3.05) is 33.0 Å². The molecule has 0 bridgehead atoms. The average molecular weight is 833 g/mol. The van der Waals surface area contributed by atoms with Crippen LogP contribution in [-0.2, 0) is 33.2 Å². The van der Waals surface area contributed by atoms with Crippen molar-refractivity contribution in [3.8, 4) is 0 Å². The molecule has 0 aliphatic carbocycles. The molecule has 7 N–H and O–H groups in total. The zero-order valence-electron chi connectivity index (χ0n) is 35.5. The Labute approximate surface area is 347 Å². The van der Waals surface area contributed by atoms with Gasteiger partial charge in [-0.25, -0.2) is 0 Å². The molecular weight excluding hydrogens is 752 g/mol. The predicted octanol–water partition coefficient (Wildman–Crippen LogP) is 4.90. The van der Waals surface area contributed by atoms with E-state index in [2.05, 4.69) is 38.2 Å². The Morgan fingerprint density at radius 3 is 1.71 bits per heavy atom. The van der Waals surface area contributed by atoms with Crippen LogP contribution in [0.25, 0.3) is 0 Å². The van der Waals surface area contributed by atoms with E-state index >= 15 is 0 Å². The number of aliphatic hydroxyl groups is 7. The van der Waals surface area contributed by atoms with Gasteiger partial charge in [0.2, 0.25) is 0 Å². The summed E-state index contributed by atoms with van der Waals surface area (Å²) < 4.78 is 34.1.